The first-order chi connectivity index (χ1) is 9.11. The topological polar surface area (TPSA) is 97.6 Å². The minimum absolute atomic E-state index is 0.158. The summed E-state index contributed by atoms with van der Waals surface area (Å²) in [5.74, 6) is -1.60. The van der Waals surface area contributed by atoms with E-state index in [0.717, 1.165) is 0 Å². The monoisotopic (exact) mass is 292 g/mol. The summed E-state index contributed by atoms with van der Waals surface area (Å²) in [6.07, 6.45) is -5.31. The number of hydrogen-bond acceptors (Lipinski definition) is 7. The molecule has 0 spiro atoms. The Morgan fingerprint density at radius 3 is 1.40 bits per heavy atom. The molecule has 0 amide bonds. The number of ether oxygens (including phenoxy) is 4. The molecule has 2 saturated heterocycles. The lowest BCUT2D eigenvalue weighted by molar-refractivity contribution is -0.187. The van der Waals surface area contributed by atoms with Gasteiger partial charge in [-0.15, -0.1) is 0 Å². The second kappa shape index (κ2) is 5.49. The molecule has 4 unspecified atom stereocenters. The summed E-state index contributed by atoms with van der Waals surface area (Å²) in [4.78, 5) is 0. The minimum Gasteiger partial charge on any atom is -0.387 e. The van der Waals surface area contributed by atoms with Gasteiger partial charge in [-0.25, -0.2) is 0 Å². The first-order valence-corrected chi connectivity index (χ1v) is 6.79. The van der Waals surface area contributed by atoms with Crippen molar-refractivity contribution in [2.45, 2.75) is 69.8 Å². The van der Waals surface area contributed by atoms with Crippen molar-refractivity contribution < 1.29 is 34.3 Å². The second-order valence-electron chi connectivity index (χ2n) is 6.21. The molecule has 2 aliphatic heterocycles. The fraction of sp³-hybridized carbons (Fsp3) is 1.00. The SMILES string of the molecule is CC1(C)OCC(C(O)C(O)C(O)C2COC(C)(C)O2)O1. The van der Waals surface area contributed by atoms with Crippen LogP contribution in [-0.2, 0) is 18.9 Å². The van der Waals surface area contributed by atoms with Crippen molar-refractivity contribution in [3.8, 4) is 0 Å². The first-order valence-electron chi connectivity index (χ1n) is 6.79. The van der Waals surface area contributed by atoms with Gasteiger partial charge in [-0.1, -0.05) is 0 Å². The number of hydrogen-bond donors (Lipinski definition) is 3. The van der Waals surface area contributed by atoms with Gasteiger partial charge in [0.1, 0.15) is 30.5 Å². The van der Waals surface area contributed by atoms with Gasteiger partial charge < -0.3 is 34.3 Å². The molecule has 0 radical (unpaired) electrons. The average molecular weight is 292 g/mol. The van der Waals surface area contributed by atoms with Crippen LogP contribution in [0.2, 0.25) is 0 Å². The molecular weight excluding hydrogens is 268 g/mol. The van der Waals surface area contributed by atoms with Crippen LogP contribution in [0.4, 0.5) is 0 Å². The van der Waals surface area contributed by atoms with Crippen LogP contribution in [0, 0.1) is 0 Å². The summed E-state index contributed by atoms with van der Waals surface area (Å²) < 4.78 is 21.6. The Morgan fingerprint density at radius 2 is 1.15 bits per heavy atom. The predicted molar refractivity (Wildman–Crippen MR) is 67.8 cm³/mol. The molecule has 7 nitrogen and oxygen atoms in total. The first kappa shape index (κ1) is 16.1. The van der Waals surface area contributed by atoms with Crippen LogP contribution in [0.25, 0.3) is 0 Å². The van der Waals surface area contributed by atoms with Crippen molar-refractivity contribution >= 4 is 0 Å². The van der Waals surface area contributed by atoms with E-state index >= 15 is 0 Å². The summed E-state index contributed by atoms with van der Waals surface area (Å²) in [5, 5.41) is 30.3. The third-order valence-electron chi connectivity index (χ3n) is 3.52. The van der Waals surface area contributed by atoms with E-state index < -0.39 is 42.1 Å². The standard InChI is InChI=1S/C13H24O7/c1-12(2)17-5-7(19-12)9(14)11(16)10(15)8-6-18-13(3,4)20-8/h7-11,14-16H,5-6H2,1-4H3. The molecule has 0 aromatic rings. The molecule has 118 valence electrons. The number of aliphatic hydroxyl groups excluding tert-OH is 3. The fourth-order valence-corrected chi connectivity index (χ4v) is 2.41. The van der Waals surface area contributed by atoms with E-state index in [1.54, 1.807) is 27.7 Å². The summed E-state index contributed by atoms with van der Waals surface area (Å²) in [6, 6.07) is 0. The number of rotatable bonds is 4. The van der Waals surface area contributed by atoms with Gasteiger partial charge in [0.2, 0.25) is 0 Å². The molecule has 3 N–H and O–H groups in total. The molecule has 0 aromatic carbocycles. The van der Waals surface area contributed by atoms with Crippen molar-refractivity contribution in [2.75, 3.05) is 13.2 Å². The van der Waals surface area contributed by atoms with Gasteiger partial charge in [-0.3, -0.25) is 0 Å². The van der Waals surface area contributed by atoms with E-state index in [4.69, 9.17) is 18.9 Å². The molecular formula is C13H24O7. The Kier molecular flexibility index (Phi) is 4.42. The largest absolute Gasteiger partial charge is 0.387 e. The maximum Gasteiger partial charge on any atom is 0.163 e. The van der Waals surface area contributed by atoms with Gasteiger partial charge in [0.15, 0.2) is 11.6 Å². The summed E-state index contributed by atoms with van der Waals surface area (Å²) >= 11 is 0. The van der Waals surface area contributed by atoms with Crippen molar-refractivity contribution in [3.05, 3.63) is 0 Å². The minimum atomic E-state index is -1.40. The van der Waals surface area contributed by atoms with Crippen LogP contribution in [0.5, 0.6) is 0 Å². The second-order valence-corrected chi connectivity index (χ2v) is 6.21. The lowest BCUT2D eigenvalue weighted by Gasteiger charge is -2.29. The van der Waals surface area contributed by atoms with E-state index in [2.05, 4.69) is 0 Å². The quantitative estimate of drug-likeness (QED) is 0.635. The predicted octanol–water partition coefficient (Wildman–Crippen LogP) is -0.628. The average Bonchev–Trinajstić information content (AvgIpc) is 2.89. The van der Waals surface area contributed by atoms with Crippen molar-refractivity contribution in [1.82, 2.24) is 0 Å². The van der Waals surface area contributed by atoms with E-state index in [9.17, 15) is 15.3 Å². The van der Waals surface area contributed by atoms with Crippen LogP contribution >= 0.6 is 0 Å². The smallest absolute Gasteiger partial charge is 0.163 e. The van der Waals surface area contributed by atoms with Crippen LogP contribution in [0.15, 0.2) is 0 Å². The van der Waals surface area contributed by atoms with Crippen LogP contribution < -0.4 is 0 Å². The lowest BCUT2D eigenvalue weighted by Crippen LogP contribution is -2.50. The highest BCUT2D eigenvalue weighted by molar-refractivity contribution is 4.90. The van der Waals surface area contributed by atoms with Crippen molar-refractivity contribution in [2.24, 2.45) is 0 Å². The summed E-state index contributed by atoms with van der Waals surface area (Å²) in [7, 11) is 0. The van der Waals surface area contributed by atoms with Crippen LogP contribution in [0.3, 0.4) is 0 Å². The molecule has 0 aliphatic carbocycles. The highest BCUT2D eigenvalue weighted by atomic mass is 16.8. The molecule has 0 bridgehead atoms. The molecule has 2 fully saturated rings. The van der Waals surface area contributed by atoms with Gasteiger partial charge in [-0.05, 0) is 27.7 Å². The maximum absolute atomic E-state index is 10.1. The molecule has 4 atom stereocenters. The maximum atomic E-state index is 10.1. The Bertz CT molecular complexity index is 312. The van der Waals surface area contributed by atoms with Crippen LogP contribution in [0.1, 0.15) is 27.7 Å². The molecule has 2 aliphatic rings. The van der Waals surface area contributed by atoms with E-state index in [0.29, 0.717) is 0 Å². The van der Waals surface area contributed by atoms with E-state index in [1.165, 1.54) is 0 Å². The van der Waals surface area contributed by atoms with Gasteiger partial charge >= 0.3 is 0 Å². The summed E-state index contributed by atoms with van der Waals surface area (Å²) in [6.45, 7) is 7.20. The Morgan fingerprint density at radius 1 is 0.800 bits per heavy atom. The highest BCUT2D eigenvalue weighted by Crippen LogP contribution is 2.29. The third-order valence-corrected chi connectivity index (χ3v) is 3.52. The van der Waals surface area contributed by atoms with Crippen molar-refractivity contribution in [1.29, 1.82) is 0 Å². The van der Waals surface area contributed by atoms with Gasteiger partial charge in [-0.2, -0.15) is 0 Å². The Hall–Kier alpha value is -0.280. The Balaban J connectivity index is 1.92. The molecule has 2 heterocycles. The Labute approximate surface area is 118 Å². The van der Waals surface area contributed by atoms with Gasteiger partial charge in [0.05, 0.1) is 13.2 Å². The fourth-order valence-electron chi connectivity index (χ4n) is 2.41. The molecule has 0 saturated carbocycles. The highest BCUT2D eigenvalue weighted by Gasteiger charge is 2.45. The molecule has 0 aromatic heterocycles. The molecule has 20 heavy (non-hydrogen) atoms. The van der Waals surface area contributed by atoms with Crippen LogP contribution in [-0.4, -0.2) is 70.6 Å². The normalized spacial score (nSPS) is 36.8. The van der Waals surface area contributed by atoms with Gasteiger partial charge in [0, 0.05) is 0 Å². The molecule has 2 rings (SSSR count). The van der Waals surface area contributed by atoms with Gasteiger partial charge in [0.25, 0.3) is 0 Å². The zero-order valence-corrected chi connectivity index (χ0v) is 12.3. The zero-order chi connectivity index (χ0) is 15.1. The number of aliphatic hydroxyl groups is 3. The lowest BCUT2D eigenvalue weighted by atomic mass is 10.00. The zero-order valence-electron chi connectivity index (χ0n) is 12.3. The molecule has 7 heteroatoms. The van der Waals surface area contributed by atoms with E-state index in [-0.39, 0.29) is 13.2 Å². The van der Waals surface area contributed by atoms with Crippen molar-refractivity contribution in [3.63, 3.8) is 0 Å². The third kappa shape index (κ3) is 3.48. The summed E-state index contributed by atoms with van der Waals surface area (Å²) in [5.41, 5.74) is 0. The van der Waals surface area contributed by atoms with E-state index in [1.807, 2.05) is 0 Å².